The number of likely N-dealkylation sites (tertiary alicyclic amines) is 1. The minimum absolute atomic E-state index is 0.0309. The van der Waals surface area contributed by atoms with Crippen LogP contribution in [0.15, 0.2) is 36.4 Å². The van der Waals surface area contributed by atoms with Crippen molar-refractivity contribution < 1.29 is 14.3 Å². The van der Waals surface area contributed by atoms with Crippen LogP contribution in [0.3, 0.4) is 0 Å². The molecule has 6 rings (SSSR count). The first kappa shape index (κ1) is 21.0. The summed E-state index contributed by atoms with van der Waals surface area (Å²) >= 11 is 0. The van der Waals surface area contributed by atoms with Gasteiger partial charge in [-0.05, 0) is 79.4 Å². The van der Waals surface area contributed by atoms with Gasteiger partial charge in [0.25, 0.3) is 0 Å². The Labute approximate surface area is 198 Å². The second-order valence-electron chi connectivity index (χ2n) is 9.60. The number of carbonyl (C=O) groups is 2. The van der Waals surface area contributed by atoms with E-state index in [9.17, 15) is 14.9 Å². The van der Waals surface area contributed by atoms with E-state index in [0.717, 1.165) is 62.4 Å². The van der Waals surface area contributed by atoms with Gasteiger partial charge in [-0.1, -0.05) is 6.07 Å². The summed E-state index contributed by atoms with van der Waals surface area (Å²) in [5.41, 5.74) is 4.36. The number of amides is 3. The number of urea groups is 1. The van der Waals surface area contributed by atoms with Crippen LogP contribution in [0, 0.1) is 11.3 Å². The Balaban J connectivity index is 1.05. The topological polar surface area (TPSA) is 97.7 Å². The largest absolute Gasteiger partial charge is 0.492 e. The highest BCUT2D eigenvalue weighted by Gasteiger charge is 2.48. The van der Waals surface area contributed by atoms with Crippen molar-refractivity contribution in [2.24, 2.45) is 0 Å². The number of hydrogen-bond donors (Lipinski definition) is 2. The molecule has 34 heavy (non-hydrogen) atoms. The Morgan fingerprint density at radius 2 is 1.97 bits per heavy atom. The van der Waals surface area contributed by atoms with Crippen molar-refractivity contribution >= 4 is 17.6 Å². The molecule has 4 aliphatic heterocycles. The molecule has 2 aromatic rings. The summed E-state index contributed by atoms with van der Waals surface area (Å²) in [6.45, 7) is 4.43. The van der Waals surface area contributed by atoms with Crippen LogP contribution in [0.25, 0.3) is 0 Å². The molecule has 0 radical (unpaired) electrons. The summed E-state index contributed by atoms with van der Waals surface area (Å²) in [5, 5.41) is 15.2. The van der Waals surface area contributed by atoms with Crippen molar-refractivity contribution in [3.8, 4) is 11.8 Å². The highest BCUT2D eigenvalue weighted by atomic mass is 16.5. The third-order valence-corrected chi connectivity index (χ3v) is 7.91. The Morgan fingerprint density at radius 3 is 2.79 bits per heavy atom. The number of ether oxygens (including phenoxy) is 1. The first-order valence-corrected chi connectivity index (χ1v) is 12.0. The molecule has 1 atom stereocenters. The van der Waals surface area contributed by atoms with Gasteiger partial charge in [-0.25, -0.2) is 4.79 Å². The molecule has 1 spiro atoms. The van der Waals surface area contributed by atoms with E-state index in [1.807, 2.05) is 23.1 Å². The Bertz CT molecular complexity index is 1210. The van der Waals surface area contributed by atoms with Gasteiger partial charge in [0, 0.05) is 25.3 Å². The fourth-order valence-electron chi connectivity index (χ4n) is 5.96. The fourth-order valence-corrected chi connectivity index (χ4v) is 5.96. The smallest absolute Gasteiger partial charge is 0.318 e. The predicted molar refractivity (Wildman–Crippen MR) is 126 cm³/mol. The Kier molecular flexibility index (Phi) is 4.96. The normalized spacial score (nSPS) is 22.4. The van der Waals surface area contributed by atoms with Gasteiger partial charge in [-0.15, -0.1) is 0 Å². The average molecular weight is 458 g/mol. The third kappa shape index (κ3) is 3.31. The lowest BCUT2D eigenvalue weighted by Gasteiger charge is -2.38. The molecular formula is C26H27N5O3. The molecule has 4 aliphatic rings. The van der Waals surface area contributed by atoms with Crippen LogP contribution in [0.5, 0.6) is 5.75 Å². The molecule has 2 aromatic carbocycles. The average Bonchev–Trinajstić information content (AvgIpc) is 3.37. The first-order valence-electron chi connectivity index (χ1n) is 12.0. The minimum atomic E-state index is -0.525. The number of nitrogens with one attached hydrogen (secondary N) is 2. The van der Waals surface area contributed by atoms with E-state index in [1.54, 1.807) is 6.07 Å². The van der Waals surface area contributed by atoms with Crippen molar-refractivity contribution in [1.82, 2.24) is 15.1 Å². The number of hydrogen-bond acceptors (Lipinski definition) is 5. The molecule has 0 unspecified atom stereocenters. The fraction of sp³-hybridized carbons (Fsp3) is 0.423. The molecule has 2 N–H and O–H groups in total. The van der Waals surface area contributed by atoms with Gasteiger partial charge in [0.15, 0.2) is 0 Å². The van der Waals surface area contributed by atoms with Crippen LogP contribution in [0.2, 0.25) is 0 Å². The second kappa shape index (κ2) is 8.03. The summed E-state index contributed by atoms with van der Waals surface area (Å²) in [6.07, 6.45) is 2.33. The maximum absolute atomic E-state index is 12.9. The van der Waals surface area contributed by atoms with Crippen LogP contribution < -0.4 is 15.4 Å². The quantitative estimate of drug-likeness (QED) is 0.736. The molecule has 3 amide bonds. The zero-order valence-electron chi connectivity index (χ0n) is 19.0. The Morgan fingerprint density at radius 1 is 1.12 bits per heavy atom. The van der Waals surface area contributed by atoms with Crippen LogP contribution in [0.4, 0.5) is 10.5 Å². The maximum Gasteiger partial charge on any atom is 0.318 e. The predicted octanol–water partition coefficient (Wildman–Crippen LogP) is 2.55. The van der Waals surface area contributed by atoms with E-state index in [4.69, 9.17) is 4.74 Å². The second-order valence-corrected chi connectivity index (χ2v) is 9.60. The molecule has 8 heteroatoms. The van der Waals surface area contributed by atoms with Crippen molar-refractivity contribution in [2.75, 3.05) is 44.6 Å². The number of benzene rings is 2. The zero-order valence-corrected chi connectivity index (χ0v) is 19.0. The van der Waals surface area contributed by atoms with Crippen LogP contribution in [-0.4, -0.2) is 61.1 Å². The number of rotatable bonds is 4. The number of nitrogens with zero attached hydrogens (tertiary/aromatic N) is 3. The Hall–Kier alpha value is -3.57. The molecule has 8 nitrogen and oxygen atoms in total. The van der Waals surface area contributed by atoms with Gasteiger partial charge >= 0.3 is 6.03 Å². The van der Waals surface area contributed by atoms with E-state index in [2.05, 4.69) is 33.7 Å². The van der Waals surface area contributed by atoms with Crippen molar-refractivity contribution in [3.05, 3.63) is 58.7 Å². The summed E-state index contributed by atoms with van der Waals surface area (Å²) in [6, 6.07) is 14.0. The molecule has 2 fully saturated rings. The van der Waals surface area contributed by atoms with Crippen molar-refractivity contribution in [3.63, 3.8) is 0 Å². The molecule has 2 saturated heterocycles. The summed E-state index contributed by atoms with van der Waals surface area (Å²) in [4.78, 5) is 29.0. The van der Waals surface area contributed by atoms with Gasteiger partial charge in [0.05, 0.1) is 23.1 Å². The molecule has 0 aromatic heterocycles. The minimum Gasteiger partial charge on any atom is -0.492 e. The molecule has 4 heterocycles. The summed E-state index contributed by atoms with van der Waals surface area (Å²) in [5.74, 6) is 0.923. The van der Waals surface area contributed by atoms with Gasteiger partial charge < -0.3 is 20.3 Å². The molecule has 174 valence electrons. The number of fused-ring (bicyclic) bond motifs is 5. The van der Waals surface area contributed by atoms with Gasteiger partial charge in [-0.3, -0.25) is 9.69 Å². The zero-order chi connectivity index (χ0) is 23.3. The van der Waals surface area contributed by atoms with E-state index in [0.29, 0.717) is 18.7 Å². The van der Waals surface area contributed by atoms with E-state index >= 15 is 0 Å². The highest BCUT2D eigenvalue weighted by Crippen LogP contribution is 2.45. The first-order chi connectivity index (χ1) is 16.6. The van der Waals surface area contributed by atoms with Crippen LogP contribution >= 0.6 is 0 Å². The standard InChI is InChI=1S/C26H27N5O3/c27-15-17-1-4-22-21(13-17)26(24(32)29-22)6-9-30(10-7-26)11-12-34-19-2-3-20-18(14-19)5-8-31-23(20)16-28-25(31)33/h1-4,13-14,23H,5-12,16H2,(H,28,33)(H,29,32)/t23-/m1/s1. The van der Waals surface area contributed by atoms with Gasteiger partial charge in [-0.2, -0.15) is 5.26 Å². The van der Waals surface area contributed by atoms with E-state index < -0.39 is 5.41 Å². The van der Waals surface area contributed by atoms with Crippen LogP contribution in [-0.2, 0) is 16.6 Å². The number of nitriles is 1. The SMILES string of the molecule is N#Cc1ccc2c(c1)C1(CCN(CCOc3ccc4c(c3)CCN3C(=O)NC[C@H]43)CC1)C(=O)N2. The third-order valence-electron chi connectivity index (χ3n) is 7.91. The van der Waals surface area contributed by atoms with E-state index in [-0.39, 0.29) is 18.0 Å². The van der Waals surface area contributed by atoms with Gasteiger partial charge in [0.2, 0.25) is 5.91 Å². The lowest BCUT2D eigenvalue weighted by Crippen LogP contribution is -2.47. The maximum atomic E-state index is 12.9. The number of anilines is 1. The molecule has 0 bridgehead atoms. The van der Waals surface area contributed by atoms with E-state index in [1.165, 1.54) is 11.1 Å². The van der Waals surface area contributed by atoms with Crippen LogP contribution in [0.1, 0.15) is 41.1 Å². The monoisotopic (exact) mass is 457 g/mol. The number of carbonyl (C=O) groups excluding carboxylic acids is 2. The van der Waals surface area contributed by atoms with Crippen molar-refractivity contribution in [2.45, 2.75) is 30.7 Å². The van der Waals surface area contributed by atoms with Gasteiger partial charge in [0.1, 0.15) is 12.4 Å². The summed E-state index contributed by atoms with van der Waals surface area (Å²) < 4.78 is 6.08. The van der Waals surface area contributed by atoms with Crippen molar-refractivity contribution in [1.29, 1.82) is 5.26 Å². The number of piperidine rings is 1. The lowest BCUT2D eigenvalue weighted by molar-refractivity contribution is -0.122. The molecule has 0 aliphatic carbocycles. The summed E-state index contributed by atoms with van der Waals surface area (Å²) in [7, 11) is 0. The molecular weight excluding hydrogens is 430 g/mol. The lowest BCUT2D eigenvalue weighted by atomic mass is 9.73. The molecule has 0 saturated carbocycles. The highest BCUT2D eigenvalue weighted by molar-refractivity contribution is 6.06.